The van der Waals surface area contributed by atoms with Crippen LogP contribution in [-0.2, 0) is 14.6 Å². The number of morpholine rings is 1. The minimum atomic E-state index is -2.83. The number of hydrogen-bond acceptors (Lipinski definition) is 4. The van der Waals surface area contributed by atoms with E-state index in [-0.39, 0.29) is 11.9 Å². The van der Waals surface area contributed by atoms with Crippen LogP contribution in [0, 0.1) is 0 Å². The van der Waals surface area contributed by atoms with Crippen LogP contribution in [0.15, 0.2) is 0 Å². The van der Waals surface area contributed by atoms with Gasteiger partial charge in [0.2, 0.25) is 0 Å². The van der Waals surface area contributed by atoms with E-state index in [1.807, 2.05) is 0 Å². The minimum Gasteiger partial charge on any atom is -0.374 e. The van der Waals surface area contributed by atoms with Gasteiger partial charge in [0.05, 0.1) is 18.5 Å². The van der Waals surface area contributed by atoms with Crippen molar-refractivity contribution in [3.05, 3.63) is 0 Å². The molecule has 0 radical (unpaired) electrons. The predicted molar refractivity (Wildman–Crippen MR) is 61.2 cm³/mol. The zero-order valence-corrected chi connectivity index (χ0v) is 10.6. The van der Waals surface area contributed by atoms with Crippen molar-refractivity contribution in [2.45, 2.75) is 12.5 Å². The summed E-state index contributed by atoms with van der Waals surface area (Å²) in [5.41, 5.74) is 0. The summed E-state index contributed by atoms with van der Waals surface area (Å²) in [7, 11) is -2.83. The molecule has 0 aliphatic carbocycles. The molecule has 0 amide bonds. The van der Waals surface area contributed by atoms with Gasteiger partial charge in [0.25, 0.3) is 0 Å². The number of hydrogen-bond donors (Lipinski definition) is 0. The Morgan fingerprint density at radius 1 is 1.53 bits per heavy atom. The first kappa shape index (κ1) is 13.2. The maximum absolute atomic E-state index is 10.9. The van der Waals surface area contributed by atoms with Crippen LogP contribution in [0.5, 0.6) is 0 Å². The van der Waals surface area contributed by atoms with Crippen LogP contribution >= 0.6 is 11.6 Å². The van der Waals surface area contributed by atoms with Gasteiger partial charge in [-0.15, -0.1) is 11.6 Å². The van der Waals surface area contributed by atoms with Crippen molar-refractivity contribution in [3.63, 3.8) is 0 Å². The fourth-order valence-electron chi connectivity index (χ4n) is 1.63. The molecule has 4 nitrogen and oxygen atoms in total. The van der Waals surface area contributed by atoms with Crippen LogP contribution in [0.25, 0.3) is 0 Å². The number of halogens is 1. The lowest BCUT2D eigenvalue weighted by atomic mass is 10.3. The Balaban J connectivity index is 2.21. The number of rotatable bonds is 5. The summed E-state index contributed by atoms with van der Waals surface area (Å²) in [4.78, 5) is 2.21. The summed E-state index contributed by atoms with van der Waals surface area (Å²) in [6.07, 6.45) is 2.06. The molecule has 1 unspecified atom stereocenters. The minimum absolute atomic E-state index is 0.0960. The van der Waals surface area contributed by atoms with E-state index in [1.54, 1.807) is 0 Å². The molecule has 0 aromatic carbocycles. The van der Waals surface area contributed by atoms with Gasteiger partial charge in [0, 0.05) is 25.2 Å². The lowest BCUT2D eigenvalue weighted by Gasteiger charge is -2.31. The molecule has 1 atom stereocenters. The normalized spacial score (nSPS) is 24.3. The highest BCUT2D eigenvalue weighted by molar-refractivity contribution is 7.90. The molecule has 1 aliphatic rings. The zero-order valence-electron chi connectivity index (χ0n) is 8.99. The van der Waals surface area contributed by atoms with Crippen LogP contribution in [0.1, 0.15) is 6.42 Å². The maximum Gasteiger partial charge on any atom is 0.147 e. The summed E-state index contributed by atoms with van der Waals surface area (Å²) in [5.74, 6) is 0.762. The second-order valence-corrected chi connectivity index (χ2v) is 6.50. The molecule has 1 fully saturated rings. The molecular formula is C9H18ClNO3S. The monoisotopic (exact) mass is 255 g/mol. The van der Waals surface area contributed by atoms with Gasteiger partial charge in [-0.3, -0.25) is 4.90 Å². The number of sulfone groups is 1. The van der Waals surface area contributed by atoms with Gasteiger partial charge >= 0.3 is 0 Å². The van der Waals surface area contributed by atoms with E-state index < -0.39 is 9.84 Å². The average molecular weight is 256 g/mol. The van der Waals surface area contributed by atoms with Crippen molar-refractivity contribution in [2.75, 3.05) is 44.1 Å². The van der Waals surface area contributed by atoms with Gasteiger partial charge in [-0.05, 0) is 13.0 Å². The van der Waals surface area contributed by atoms with Gasteiger partial charge in [0.15, 0.2) is 0 Å². The maximum atomic E-state index is 10.9. The largest absolute Gasteiger partial charge is 0.374 e. The third kappa shape index (κ3) is 5.70. The Labute approximate surface area is 96.5 Å². The molecule has 1 saturated heterocycles. The Bertz CT molecular complexity index is 281. The van der Waals surface area contributed by atoms with Crippen molar-refractivity contribution < 1.29 is 13.2 Å². The molecule has 0 aromatic heterocycles. The van der Waals surface area contributed by atoms with E-state index in [1.165, 1.54) is 6.26 Å². The van der Waals surface area contributed by atoms with Crippen molar-refractivity contribution >= 4 is 21.4 Å². The molecule has 6 heteroatoms. The smallest absolute Gasteiger partial charge is 0.147 e. The highest BCUT2D eigenvalue weighted by Gasteiger charge is 2.19. The summed E-state index contributed by atoms with van der Waals surface area (Å²) in [6.45, 7) is 3.19. The lowest BCUT2D eigenvalue weighted by Crippen LogP contribution is -2.43. The lowest BCUT2D eigenvalue weighted by molar-refractivity contribution is -0.0161. The first-order valence-electron chi connectivity index (χ1n) is 5.09. The summed E-state index contributed by atoms with van der Waals surface area (Å²) in [5, 5.41) is 0. The quantitative estimate of drug-likeness (QED) is 0.666. The van der Waals surface area contributed by atoms with Gasteiger partial charge in [-0.2, -0.15) is 0 Å². The predicted octanol–water partition coefficient (Wildman–Crippen LogP) is 0.361. The van der Waals surface area contributed by atoms with Crippen LogP contribution in [0.4, 0.5) is 0 Å². The first-order valence-corrected chi connectivity index (χ1v) is 7.68. The third-order valence-corrected chi connectivity index (χ3v) is 3.76. The van der Waals surface area contributed by atoms with Crippen LogP contribution < -0.4 is 0 Å². The van der Waals surface area contributed by atoms with Crippen LogP contribution in [0.2, 0.25) is 0 Å². The second-order valence-electron chi connectivity index (χ2n) is 3.93. The standard InChI is InChI=1S/C9H18ClNO3S/c1-15(12,13)6-2-3-11-4-5-14-9(7-10)8-11/h9H,2-8H2,1H3. The molecular weight excluding hydrogens is 238 g/mol. The zero-order chi connectivity index (χ0) is 11.3. The summed E-state index contributed by atoms with van der Waals surface area (Å²) >= 11 is 5.70. The summed E-state index contributed by atoms with van der Waals surface area (Å²) in [6, 6.07) is 0. The Morgan fingerprint density at radius 3 is 2.87 bits per heavy atom. The molecule has 1 rings (SSSR count). The molecule has 1 aliphatic heterocycles. The topological polar surface area (TPSA) is 46.6 Å². The Hall–Kier alpha value is 0.160. The van der Waals surface area contributed by atoms with Crippen LogP contribution in [0.3, 0.4) is 0 Å². The molecule has 0 spiro atoms. The van der Waals surface area contributed by atoms with Gasteiger partial charge in [-0.1, -0.05) is 0 Å². The van der Waals surface area contributed by atoms with E-state index in [4.69, 9.17) is 16.3 Å². The average Bonchev–Trinajstić information content (AvgIpc) is 2.16. The van der Waals surface area contributed by atoms with E-state index in [2.05, 4.69) is 4.90 Å². The molecule has 15 heavy (non-hydrogen) atoms. The van der Waals surface area contributed by atoms with Gasteiger partial charge in [-0.25, -0.2) is 8.42 Å². The van der Waals surface area contributed by atoms with Crippen molar-refractivity contribution in [2.24, 2.45) is 0 Å². The van der Waals surface area contributed by atoms with E-state index >= 15 is 0 Å². The Kier molecular flexibility index (Phi) is 5.32. The van der Waals surface area contributed by atoms with E-state index in [9.17, 15) is 8.42 Å². The molecule has 0 saturated carbocycles. The second kappa shape index (κ2) is 6.03. The number of ether oxygens (including phenoxy) is 1. The summed E-state index contributed by atoms with van der Waals surface area (Å²) < 4.78 is 27.3. The van der Waals surface area contributed by atoms with Crippen molar-refractivity contribution in [1.29, 1.82) is 0 Å². The number of nitrogens with zero attached hydrogens (tertiary/aromatic N) is 1. The van der Waals surface area contributed by atoms with Gasteiger partial charge in [0.1, 0.15) is 9.84 Å². The van der Waals surface area contributed by atoms with E-state index in [0.29, 0.717) is 18.9 Å². The van der Waals surface area contributed by atoms with E-state index in [0.717, 1.165) is 19.6 Å². The van der Waals surface area contributed by atoms with Crippen molar-refractivity contribution in [1.82, 2.24) is 4.90 Å². The number of alkyl halides is 1. The van der Waals surface area contributed by atoms with Gasteiger partial charge < -0.3 is 4.74 Å². The third-order valence-electron chi connectivity index (χ3n) is 2.38. The highest BCUT2D eigenvalue weighted by Crippen LogP contribution is 2.07. The molecule has 0 N–H and O–H groups in total. The molecule has 0 bridgehead atoms. The van der Waals surface area contributed by atoms with Crippen LogP contribution in [-0.4, -0.2) is 63.6 Å². The molecule has 90 valence electrons. The molecule has 1 heterocycles. The molecule has 0 aromatic rings. The fraction of sp³-hybridized carbons (Fsp3) is 1.00. The van der Waals surface area contributed by atoms with Crippen molar-refractivity contribution in [3.8, 4) is 0 Å². The Morgan fingerprint density at radius 2 is 2.27 bits per heavy atom. The fourth-order valence-corrected chi connectivity index (χ4v) is 2.47. The highest BCUT2D eigenvalue weighted by atomic mass is 35.5. The first-order chi connectivity index (χ1) is 7.01. The SMILES string of the molecule is CS(=O)(=O)CCCN1CCOC(CCl)C1.